The number of rotatable bonds is 7. The Morgan fingerprint density at radius 3 is 0.833 bits per heavy atom. The van der Waals surface area contributed by atoms with Crippen molar-refractivity contribution in [3.05, 3.63) is 212 Å². The van der Waals surface area contributed by atoms with Crippen molar-refractivity contribution >= 4 is 42.4 Å². The Bertz CT molecular complexity index is 1770. The molecular weight excluding hydrogens is 675 g/mol. The molecule has 236 valence electrons. The quantitative estimate of drug-likeness (QED) is 0.115. The molecule has 0 radical (unpaired) electrons. The van der Waals surface area contributed by atoms with E-state index < -0.39 is 37.7 Å². The van der Waals surface area contributed by atoms with Crippen LogP contribution in [0.25, 0.3) is 0 Å². The fraction of sp³-hybridized carbons (Fsp3) is 0.0233. The zero-order valence-electron chi connectivity index (χ0n) is 26.2. The number of benzene rings is 7. The second kappa shape index (κ2) is 15.5. The molecule has 0 fully saturated rings. The van der Waals surface area contributed by atoms with Crippen LogP contribution in [0, 0.1) is 0 Å². The van der Waals surface area contributed by atoms with Gasteiger partial charge in [-0.15, -0.1) is 0 Å². The van der Waals surface area contributed by atoms with Crippen LogP contribution in [-0.2, 0) is 17.1 Å². The zero-order chi connectivity index (χ0) is 33.2. The van der Waals surface area contributed by atoms with Gasteiger partial charge in [-0.2, -0.15) is 13.2 Å². The molecule has 7 aromatic rings. The van der Waals surface area contributed by atoms with E-state index in [0.717, 1.165) is 26.8 Å². The van der Waals surface area contributed by atoms with Gasteiger partial charge in [-0.1, -0.05) is 36.4 Å². The normalized spacial score (nSPS) is 11.4. The molecule has 0 N–H and O–H groups in total. The molecule has 48 heavy (non-hydrogen) atoms. The summed E-state index contributed by atoms with van der Waals surface area (Å²) >= 11 is -3.21. The first-order valence-corrected chi connectivity index (χ1v) is 21.9. The fourth-order valence-electron chi connectivity index (χ4n) is 6.42. The summed E-state index contributed by atoms with van der Waals surface area (Å²) in [5.74, 6) is 0. The van der Waals surface area contributed by atoms with E-state index in [4.69, 9.17) is 0 Å². The van der Waals surface area contributed by atoms with Crippen LogP contribution in [0.15, 0.2) is 221 Å². The van der Waals surface area contributed by atoms with Gasteiger partial charge < -0.3 is 0 Å². The molecule has 7 aromatic carbocycles. The Kier molecular flexibility index (Phi) is 10.7. The Labute approximate surface area is 286 Å². The van der Waals surface area contributed by atoms with Crippen molar-refractivity contribution in [2.45, 2.75) is 20.9 Å². The molecule has 0 saturated heterocycles. The minimum atomic E-state index is -4.31. The van der Waals surface area contributed by atoms with Crippen LogP contribution in [0.1, 0.15) is 5.56 Å². The van der Waals surface area contributed by atoms with Crippen LogP contribution < -0.4 is 16.5 Å². The van der Waals surface area contributed by atoms with Crippen molar-refractivity contribution in [1.29, 1.82) is 0 Å². The van der Waals surface area contributed by atoms with Gasteiger partial charge in [0, 0.05) is 0 Å². The summed E-state index contributed by atoms with van der Waals surface area (Å²) < 4.78 is 44.2. The standard InChI is InChI=1S/C19H14F3S.4C6H5.Ga/c20-19(21,22)15-11-13-18(14-12-15)23(16-7-3-1-4-8-16)17-9-5-2-6-10-17;4*1-2-4-6-5-3-1;/h1-14H;4*1-5H;/q+1;;;;;-1. The molecule has 0 aromatic heterocycles. The van der Waals surface area contributed by atoms with E-state index >= 15 is 0 Å². The molecule has 0 aliphatic rings. The zero-order valence-corrected chi connectivity index (χ0v) is 29.5. The summed E-state index contributed by atoms with van der Waals surface area (Å²) in [7, 11) is -0.417. The van der Waals surface area contributed by atoms with Gasteiger partial charge in [-0.05, 0) is 48.5 Å². The monoisotopic (exact) mass is 708 g/mol. The van der Waals surface area contributed by atoms with Crippen LogP contribution in [0.5, 0.6) is 0 Å². The Morgan fingerprint density at radius 1 is 0.312 bits per heavy atom. The average molecular weight is 710 g/mol. The van der Waals surface area contributed by atoms with Gasteiger partial charge in [-0.25, -0.2) is 0 Å². The van der Waals surface area contributed by atoms with E-state index in [9.17, 15) is 13.2 Å². The van der Waals surface area contributed by atoms with Gasteiger partial charge in [0.15, 0.2) is 14.7 Å². The van der Waals surface area contributed by atoms with E-state index in [1.54, 1.807) is 12.1 Å². The molecule has 0 aliphatic carbocycles. The maximum absolute atomic E-state index is 12.8. The van der Waals surface area contributed by atoms with E-state index in [-0.39, 0.29) is 0 Å². The van der Waals surface area contributed by atoms with Crippen molar-refractivity contribution in [3.63, 3.8) is 0 Å². The van der Waals surface area contributed by atoms with Gasteiger partial charge in [0.25, 0.3) is 0 Å². The number of hydrogen-bond acceptors (Lipinski definition) is 0. The summed E-state index contributed by atoms with van der Waals surface area (Å²) in [5, 5.41) is 0. The predicted molar refractivity (Wildman–Crippen MR) is 197 cm³/mol. The molecule has 0 bridgehead atoms. The molecule has 0 spiro atoms. The Morgan fingerprint density at radius 2 is 0.562 bits per heavy atom. The van der Waals surface area contributed by atoms with Crippen LogP contribution in [0.2, 0.25) is 0 Å². The van der Waals surface area contributed by atoms with E-state index in [1.807, 2.05) is 60.7 Å². The number of alkyl halides is 3. The van der Waals surface area contributed by atoms with Crippen molar-refractivity contribution in [2.24, 2.45) is 0 Å². The average Bonchev–Trinajstić information content (AvgIpc) is 3.15. The Balaban J connectivity index is 0.000000168. The third-order valence-electron chi connectivity index (χ3n) is 8.57. The summed E-state index contributed by atoms with van der Waals surface area (Å²) in [6.07, 6.45) is -4.31. The van der Waals surface area contributed by atoms with Gasteiger partial charge in [0.1, 0.15) is 0 Å². The van der Waals surface area contributed by atoms with Crippen molar-refractivity contribution < 1.29 is 13.2 Å². The molecule has 0 nitrogen and oxygen atoms in total. The first kappa shape index (κ1) is 33.2. The van der Waals surface area contributed by atoms with Gasteiger partial charge >= 0.3 is 159 Å². The van der Waals surface area contributed by atoms with Crippen LogP contribution in [0.3, 0.4) is 0 Å². The second-order valence-corrected chi connectivity index (χ2v) is 22.7. The molecule has 0 unspecified atom stereocenters. The number of halogens is 3. The van der Waals surface area contributed by atoms with E-state index in [1.165, 1.54) is 16.5 Å². The summed E-state index contributed by atoms with van der Waals surface area (Å²) in [4.78, 5) is 3.03. The van der Waals surface area contributed by atoms with Crippen LogP contribution in [-0.4, -0.2) is 15.0 Å². The predicted octanol–water partition coefficient (Wildman–Crippen LogP) is 8.86. The van der Waals surface area contributed by atoms with Gasteiger partial charge in [0.05, 0.1) is 16.5 Å². The van der Waals surface area contributed by atoms with Crippen molar-refractivity contribution in [1.82, 2.24) is 0 Å². The molecule has 0 aliphatic heterocycles. The topological polar surface area (TPSA) is 0 Å². The third kappa shape index (κ3) is 7.39. The second-order valence-electron chi connectivity index (χ2n) is 11.5. The number of hydrogen-bond donors (Lipinski definition) is 0. The first-order valence-electron chi connectivity index (χ1n) is 15.9. The SMILES string of the molecule is FC(F)(F)c1ccc([S+](c2ccccc2)c2ccccc2)cc1.c1cc[c]([Ga-]([c]2ccccc2)([c]2ccccc2)[c]2ccccc2)cc1. The summed E-state index contributed by atoms with van der Waals surface area (Å²) in [5.41, 5.74) is -0.620. The third-order valence-corrected chi connectivity index (χ3v) is 22.4. The molecular formula is C43H34F3GaS. The Hall–Kier alpha value is -4.68. The van der Waals surface area contributed by atoms with Crippen LogP contribution >= 0.6 is 0 Å². The fourth-order valence-corrected chi connectivity index (χ4v) is 20.1. The van der Waals surface area contributed by atoms with E-state index in [2.05, 4.69) is 121 Å². The molecule has 5 heteroatoms. The summed E-state index contributed by atoms with van der Waals surface area (Å²) in [6.45, 7) is 0. The molecule has 0 amide bonds. The van der Waals surface area contributed by atoms with E-state index in [0.29, 0.717) is 0 Å². The maximum atomic E-state index is 12.8. The minimum absolute atomic E-state index is 0.417. The molecule has 7 rings (SSSR count). The van der Waals surface area contributed by atoms with Gasteiger partial charge in [-0.3, -0.25) is 0 Å². The molecule has 0 heterocycles. The molecule has 0 saturated carbocycles. The molecule has 0 atom stereocenters. The van der Waals surface area contributed by atoms with Crippen molar-refractivity contribution in [2.75, 3.05) is 0 Å². The van der Waals surface area contributed by atoms with Crippen LogP contribution in [0.4, 0.5) is 13.2 Å². The summed E-state index contributed by atoms with van der Waals surface area (Å²) in [6, 6.07) is 69.5. The van der Waals surface area contributed by atoms with Gasteiger partial charge in [0.2, 0.25) is 0 Å². The van der Waals surface area contributed by atoms with Crippen molar-refractivity contribution in [3.8, 4) is 0 Å². The first-order chi connectivity index (χ1) is 23.5.